The van der Waals surface area contributed by atoms with Crippen molar-refractivity contribution in [2.45, 2.75) is 275 Å². The van der Waals surface area contributed by atoms with E-state index in [2.05, 4.69) is 38.2 Å². The molecule has 0 aromatic rings. The Labute approximate surface area is 390 Å². The van der Waals surface area contributed by atoms with Crippen molar-refractivity contribution in [1.82, 2.24) is 0 Å². The van der Waals surface area contributed by atoms with Crippen LogP contribution < -0.4 is 0 Å². The molecule has 0 saturated heterocycles. The SMILES string of the molecule is CCCCCCC/C=C\C/C=C\CCCCCCCCCCCCOCC(COP(=O)(O)OC1C(O)C(O)C(O)C(O)C1O)OC(=O)CCCCCCCCCCCCCCCCC. The number of unbranched alkanes of at least 4 members (excludes halogenated alkanes) is 29. The predicted molar refractivity (Wildman–Crippen MR) is 258 cm³/mol. The molecule has 6 unspecified atom stereocenters. The summed E-state index contributed by atoms with van der Waals surface area (Å²) in [6.07, 6.45) is 36.7. The van der Waals surface area contributed by atoms with E-state index >= 15 is 0 Å². The first-order chi connectivity index (χ1) is 31.0. The van der Waals surface area contributed by atoms with Gasteiger partial charge in [-0.15, -0.1) is 0 Å². The molecule has 12 nitrogen and oxygen atoms in total. The second-order valence-corrected chi connectivity index (χ2v) is 19.8. The van der Waals surface area contributed by atoms with Crippen LogP contribution in [0.25, 0.3) is 0 Å². The van der Waals surface area contributed by atoms with Crippen LogP contribution >= 0.6 is 7.82 Å². The van der Waals surface area contributed by atoms with E-state index in [0.717, 1.165) is 44.9 Å². The molecule has 0 radical (unpaired) electrons. The fraction of sp³-hybridized carbons (Fsp3) is 0.902. The summed E-state index contributed by atoms with van der Waals surface area (Å²) in [7, 11) is -5.02. The molecular weight excluding hydrogens is 836 g/mol. The van der Waals surface area contributed by atoms with Gasteiger partial charge in [-0.3, -0.25) is 13.8 Å². The number of allylic oxidation sites excluding steroid dienone is 4. The molecule has 0 heterocycles. The van der Waals surface area contributed by atoms with Crippen molar-refractivity contribution in [3.63, 3.8) is 0 Å². The summed E-state index contributed by atoms with van der Waals surface area (Å²) in [5.74, 6) is -0.474. The zero-order chi connectivity index (χ0) is 46.9. The zero-order valence-electron chi connectivity index (χ0n) is 40.6. The predicted octanol–water partition coefficient (Wildman–Crippen LogP) is 11.7. The first kappa shape index (κ1) is 60.8. The number of hydrogen-bond donors (Lipinski definition) is 6. The van der Waals surface area contributed by atoms with Gasteiger partial charge in [-0.25, -0.2) is 4.57 Å². The number of esters is 1. The van der Waals surface area contributed by atoms with Gasteiger partial charge in [-0.2, -0.15) is 0 Å². The lowest BCUT2D eigenvalue weighted by Crippen LogP contribution is -2.64. The van der Waals surface area contributed by atoms with Crippen molar-refractivity contribution in [3.05, 3.63) is 24.3 Å². The van der Waals surface area contributed by atoms with Gasteiger partial charge in [0.05, 0.1) is 13.2 Å². The van der Waals surface area contributed by atoms with Crippen molar-refractivity contribution in [1.29, 1.82) is 0 Å². The number of aliphatic hydroxyl groups excluding tert-OH is 5. The average molecular weight is 933 g/mol. The van der Waals surface area contributed by atoms with Crippen LogP contribution in [-0.4, -0.2) is 98.9 Å². The van der Waals surface area contributed by atoms with Crippen LogP contribution in [0.2, 0.25) is 0 Å². The summed E-state index contributed by atoms with van der Waals surface area (Å²) in [6.45, 7) is 4.28. The third kappa shape index (κ3) is 33.3. The molecule has 1 aliphatic carbocycles. The van der Waals surface area contributed by atoms with Gasteiger partial charge in [0.25, 0.3) is 0 Å². The molecule has 1 rings (SSSR count). The van der Waals surface area contributed by atoms with E-state index in [4.69, 9.17) is 18.5 Å². The fourth-order valence-electron chi connectivity index (χ4n) is 8.15. The molecule has 6 N–H and O–H groups in total. The Morgan fingerprint density at radius 3 is 1.31 bits per heavy atom. The van der Waals surface area contributed by atoms with E-state index in [1.165, 1.54) is 161 Å². The lowest BCUT2D eigenvalue weighted by atomic mass is 9.85. The first-order valence-electron chi connectivity index (χ1n) is 26.2. The van der Waals surface area contributed by atoms with Crippen LogP contribution in [0.15, 0.2) is 24.3 Å². The van der Waals surface area contributed by atoms with E-state index in [1.54, 1.807) is 0 Å². The standard InChI is InChI=1S/C51H97O12P/c1-3-5-7-9-11-13-15-17-19-20-21-22-23-24-25-27-29-31-33-35-37-39-41-60-42-44(43-61-64(58,59)63-51-49(56)47(54)46(53)48(55)50(51)57)62-45(52)40-38-36-34-32-30-28-26-18-16-14-12-10-8-6-4-2/h15,17,20-21,44,46-51,53-57H,3-14,16,18-19,22-43H2,1-2H3,(H,58,59)/b17-15-,21-20-. The van der Waals surface area contributed by atoms with Crippen LogP contribution in [0.1, 0.15) is 232 Å². The van der Waals surface area contributed by atoms with Gasteiger partial charge in [-0.1, -0.05) is 205 Å². The minimum Gasteiger partial charge on any atom is -0.457 e. The van der Waals surface area contributed by atoms with Gasteiger partial charge < -0.3 is 39.9 Å². The van der Waals surface area contributed by atoms with E-state index in [-0.39, 0.29) is 13.0 Å². The normalized spacial score (nSPS) is 21.8. The van der Waals surface area contributed by atoms with Gasteiger partial charge >= 0.3 is 13.8 Å². The van der Waals surface area contributed by atoms with Gasteiger partial charge in [0.1, 0.15) is 42.7 Å². The number of ether oxygens (including phenoxy) is 2. The van der Waals surface area contributed by atoms with Crippen molar-refractivity contribution < 1.29 is 58.3 Å². The molecule has 0 aromatic heterocycles. The Bertz CT molecular complexity index is 1150. The highest BCUT2D eigenvalue weighted by atomic mass is 31.2. The highest BCUT2D eigenvalue weighted by molar-refractivity contribution is 7.47. The quantitative estimate of drug-likeness (QED) is 0.0147. The first-order valence-corrected chi connectivity index (χ1v) is 27.7. The highest BCUT2D eigenvalue weighted by Gasteiger charge is 2.51. The summed E-state index contributed by atoms with van der Waals surface area (Å²) >= 11 is 0. The molecule has 0 aliphatic heterocycles. The third-order valence-electron chi connectivity index (χ3n) is 12.3. The molecule has 378 valence electrons. The zero-order valence-corrected chi connectivity index (χ0v) is 41.5. The minimum atomic E-state index is -5.02. The Morgan fingerprint density at radius 2 is 0.875 bits per heavy atom. The van der Waals surface area contributed by atoms with Crippen LogP contribution in [-0.2, 0) is 27.9 Å². The highest BCUT2D eigenvalue weighted by Crippen LogP contribution is 2.47. The van der Waals surface area contributed by atoms with Crippen LogP contribution in [0.4, 0.5) is 0 Å². The third-order valence-corrected chi connectivity index (χ3v) is 13.3. The second kappa shape index (κ2) is 42.0. The monoisotopic (exact) mass is 933 g/mol. The maximum atomic E-state index is 12.8. The van der Waals surface area contributed by atoms with Crippen molar-refractivity contribution in [2.75, 3.05) is 19.8 Å². The maximum Gasteiger partial charge on any atom is 0.472 e. The van der Waals surface area contributed by atoms with Crippen LogP contribution in [0.3, 0.4) is 0 Å². The number of aliphatic hydroxyl groups is 5. The molecule has 0 aromatic carbocycles. The lowest BCUT2D eigenvalue weighted by molar-refractivity contribution is -0.220. The number of phosphoric ester groups is 1. The summed E-state index contributed by atoms with van der Waals surface area (Å²) < 4.78 is 34.3. The van der Waals surface area contributed by atoms with Gasteiger partial charge in [-0.05, 0) is 44.9 Å². The average Bonchev–Trinajstić information content (AvgIpc) is 3.28. The van der Waals surface area contributed by atoms with Gasteiger partial charge in [0, 0.05) is 13.0 Å². The molecule has 0 spiro atoms. The van der Waals surface area contributed by atoms with Gasteiger partial charge in [0.15, 0.2) is 0 Å². The molecule has 1 aliphatic rings. The lowest BCUT2D eigenvalue weighted by Gasteiger charge is -2.41. The number of hydrogen-bond acceptors (Lipinski definition) is 11. The van der Waals surface area contributed by atoms with E-state index in [9.17, 15) is 39.8 Å². The Balaban J connectivity index is 2.31. The van der Waals surface area contributed by atoms with Gasteiger partial charge in [0.2, 0.25) is 0 Å². The largest absolute Gasteiger partial charge is 0.472 e. The van der Waals surface area contributed by atoms with Crippen molar-refractivity contribution in [2.24, 2.45) is 0 Å². The molecule has 0 amide bonds. The van der Waals surface area contributed by atoms with Crippen molar-refractivity contribution >= 4 is 13.8 Å². The molecule has 0 bridgehead atoms. The van der Waals surface area contributed by atoms with Crippen molar-refractivity contribution in [3.8, 4) is 0 Å². The second-order valence-electron chi connectivity index (χ2n) is 18.4. The van der Waals surface area contributed by atoms with Crippen LogP contribution in [0, 0.1) is 0 Å². The van der Waals surface area contributed by atoms with E-state index in [1.807, 2.05) is 0 Å². The number of phosphoric acid groups is 1. The Hall–Kier alpha value is -1.18. The maximum absolute atomic E-state index is 12.8. The summed E-state index contributed by atoms with van der Waals surface area (Å²) in [4.78, 5) is 23.2. The summed E-state index contributed by atoms with van der Waals surface area (Å²) in [5.41, 5.74) is 0. The Kier molecular flexibility index (Phi) is 39.9. The number of carbonyl (C=O) groups is 1. The molecule has 13 heteroatoms. The fourth-order valence-corrected chi connectivity index (χ4v) is 9.12. The summed E-state index contributed by atoms with van der Waals surface area (Å²) in [6, 6.07) is 0. The molecule has 64 heavy (non-hydrogen) atoms. The molecular formula is C51H97O12P. The van der Waals surface area contributed by atoms with E-state index < -0.39 is 63.1 Å². The van der Waals surface area contributed by atoms with E-state index in [0.29, 0.717) is 13.0 Å². The minimum absolute atomic E-state index is 0.0744. The number of rotatable bonds is 45. The molecule has 1 fully saturated rings. The van der Waals surface area contributed by atoms with Crippen LogP contribution in [0.5, 0.6) is 0 Å². The number of carbonyl (C=O) groups excluding carboxylic acids is 1. The molecule has 6 atom stereocenters. The topological polar surface area (TPSA) is 192 Å². The Morgan fingerprint density at radius 1 is 0.500 bits per heavy atom. The summed E-state index contributed by atoms with van der Waals surface area (Å²) in [5, 5.41) is 50.3. The smallest absolute Gasteiger partial charge is 0.457 e. The molecule has 1 saturated carbocycles.